The summed E-state index contributed by atoms with van der Waals surface area (Å²) in [6, 6.07) is 0. The highest BCUT2D eigenvalue weighted by Crippen LogP contribution is 2.11. The maximum absolute atomic E-state index is 8.87. The largest absolute Gasteiger partial charge is 0.396 e. The molecule has 0 aromatic carbocycles. The van der Waals surface area contributed by atoms with Gasteiger partial charge in [0, 0.05) is 46.0 Å². The number of allylic oxidation sites excluding steroid dienone is 6. The van der Waals surface area contributed by atoms with Gasteiger partial charge in [-0.2, -0.15) is 0 Å². The van der Waals surface area contributed by atoms with E-state index in [0.29, 0.717) is 0 Å². The van der Waals surface area contributed by atoms with Gasteiger partial charge in [0.25, 0.3) is 0 Å². The van der Waals surface area contributed by atoms with Crippen molar-refractivity contribution < 1.29 is 14.6 Å². The van der Waals surface area contributed by atoms with Gasteiger partial charge in [-0.1, -0.05) is 36.5 Å². The third-order valence-corrected chi connectivity index (χ3v) is 4.91. The van der Waals surface area contributed by atoms with Gasteiger partial charge < -0.3 is 24.8 Å². The normalized spacial score (nSPS) is 15.6. The molecule has 0 radical (unpaired) electrons. The minimum atomic E-state index is 0.253. The Morgan fingerprint density at radius 2 is 1.43 bits per heavy atom. The zero-order valence-corrected chi connectivity index (χ0v) is 17.3. The van der Waals surface area contributed by atoms with E-state index in [2.05, 4.69) is 46.7 Å². The van der Waals surface area contributed by atoms with E-state index < -0.39 is 0 Å². The predicted molar refractivity (Wildman–Crippen MR) is 116 cm³/mol. The SMILES string of the molecule is OCCCNCCN(CCCOCC1=CC=CC1)CCCOCC1=CC=CC1. The highest BCUT2D eigenvalue weighted by molar-refractivity contribution is 5.23. The molecule has 0 spiro atoms. The van der Waals surface area contributed by atoms with Crippen molar-refractivity contribution in [2.45, 2.75) is 32.1 Å². The maximum atomic E-state index is 8.87. The summed E-state index contributed by atoms with van der Waals surface area (Å²) >= 11 is 0. The summed E-state index contributed by atoms with van der Waals surface area (Å²) < 4.78 is 11.6. The van der Waals surface area contributed by atoms with E-state index >= 15 is 0 Å². The quantitative estimate of drug-likeness (QED) is 0.353. The monoisotopic (exact) mass is 390 g/mol. The minimum absolute atomic E-state index is 0.253. The van der Waals surface area contributed by atoms with Gasteiger partial charge in [0.1, 0.15) is 0 Å². The molecule has 2 aliphatic carbocycles. The summed E-state index contributed by atoms with van der Waals surface area (Å²) in [6.45, 7) is 8.35. The molecule has 2 N–H and O–H groups in total. The van der Waals surface area contributed by atoms with Gasteiger partial charge in [-0.25, -0.2) is 0 Å². The van der Waals surface area contributed by atoms with E-state index in [4.69, 9.17) is 14.6 Å². The Balaban J connectivity index is 1.53. The average Bonchev–Trinajstić information content (AvgIpc) is 3.40. The number of aliphatic hydroxyl groups excluding tert-OH is 1. The van der Waals surface area contributed by atoms with Gasteiger partial charge >= 0.3 is 0 Å². The molecule has 0 saturated carbocycles. The van der Waals surface area contributed by atoms with E-state index in [1.54, 1.807) is 0 Å². The fraction of sp³-hybridized carbons (Fsp3) is 0.652. The lowest BCUT2D eigenvalue weighted by Crippen LogP contribution is -2.35. The Labute approximate surface area is 170 Å². The molecule has 2 rings (SSSR count). The van der Waals surface area contributed by atoms with Gasteiger partial charge in [0.2, 0.25) is 0 Å². The minimum Gasteiger partial charge on any atom is -0.396 e. The summed E-state index contributed by atoms with van der Waals surface area (Å²) in [5, 5.41) is 12.3. The summed E-state index contributed by atoms with van der Waals surface area (Å²) in [7, 11) is 0. The standard InChI is InChI=1S/C23H38N2O3/c26-17-5-12-24-13-16-25(14-6-18-27-20-22-8-1-2-9-22)15-7-19-28-21-23-10-3-4-11-23/h1-4,8,10,24,26H,5-7,9,11-21H2. The van der Waals surface area contributed by atoms with Gasteiger partial charge in [-0.15, -0.1) is 0 Å². The van der Waals surface area contributed by atoms with Crippen LogP contribution in [0.2, 0.25) is 0 Å². The molecule has 28 heavy (non-hydrogen) atoms. The first-order chi connectivity index (χ1) is 13.9. The molecule has 0 aromatic heterocycles. The number of nitrogens with zero attached hydrogens (tertiary/aromatic N) is 1. The van der Waals surface area contributed by atoms with Crippen LogP contribution in [0.25, 0.3) is 0 Å². The number of rotatable bonds is 18. The Hall–Kier alpha value is -1.24. The maximum Gasteiger partial charge on any atom is 0.0682 e. The van der Waals surface area contributed by atoms with Crippen molar-refractivity contribution in [2.75, 3.05) is 65.8 Å². The van der Waals surface area contributed by atoms with E-state index in [-0.39, 0.29) is 6.61 Å². The first kappa shape index (κ1) is 23.0. The van der Waals surface area contributed by atoms with Crippen LogP contribution in [0.3, 0.4) is 0 Å². The Morgan fingerprint density at radius 3 is 1.93 bits per heavy atom. The van der Waals surface area contributed by atoms with Crippen molar-refractivity contribution in [1.82, 2.24) is 10.2 Å². The first-order valence-corrected chi connectivity index (χ1v) is 10.8. The van der Waals surface area contributed by atoms with Crippen LogP contribution in [-0.4, -0.2) is 75.8 Å². The molecule has 0 amide bonds. The van der Waals surface area contributed by atoms with Crippen LogP contribution in [0.4, 0.5) is 0 Å². The van der Waals surface area contributed by atoms with Gasteiger partial charge in [0.15, 0.2) is 0 Å². The van der Waals surface area contributed by atoms with Crippen LogP contribution in [0.5, 0.6) is 0 Å². The van der Waals surface area contributed by atoms with E-state index in [1.165, 1.54) is 11.1 Å². The second-order valence-electron chi connectivity index (χ2n) is 7.40. The Morgan fingerprint density at radius 1 is 0.821 bits per heavy atom. The fourth-order valence-corrected chi connectivity index (χ4v) is 3.29. The molecule has 0 unspecified atom stereocenters. The number of aliphatic hydroxyl groups is 1. The zero-order valence-electron chi connectivity index (χ0n) is 17.3. The van der Waals surface area contributed by atoms with Crippen LogP contribution in [0.1, 0.15) is 32.1 Å². The van der Waals surface area contributed by atoms with Gasteiger partial charge in [-0.3, -0.25) is 0 Å². The summed E-state index contributed by atoms with van der Waals surface area (Å²) in [6.07, 6.45) is 17.9. The van der Waals surface area contributed by atoms with Crippen molar-refractivity contribution in [3.05, 3.63) is 47.6 Å². The van der Waals surface area contributed by atoms with Crippen LogP contribution in [0, 0.1) is 0 Å². The zero-order chi connectivity index (χ0) is 19.7. The molecule has 0 aromatic rings. The lowest BCUT2D eigenvalue weighted by molar-refractivity contribution is 0.124. The van der Waals surface area contributed by atoms with Gasteiger partial charge in [-0.05, 0) is 49.8 Å². The number of hydrogen-bond acceptors (Lipinski definition) is 5. The highest BCUT2D eigenvalue weighted by atomic mass is 16.5. The predicted octanol–water partition coefficient (Wildman–Crippen LogP) is 2.85. The molecule has 158 valence electrons. The molecule has 0 aliphatic heterocycles. The molecular formula is C23H38N2O3. The van der Waals surface area contributed by atoms with E-state index in [0.717, 1.165) is 91.3 Å². The third-order valence-electron chi connectivity index (χ3n) is 4.91. The molecule has 5 heteroatoms. The van der Waals surface area contributed by atoms with Crippen LogP contribution in [-0.2, 0) is 9.47 Å². The summed E-state index contributed by atoms with van der Waals surface area (Å²) in [4.78, 5) is 2.49. The van der Waals surface area contributed by atoms with Crippen LogP contribution >= 0.6 is 0 Å². The van der Waals surface area contributed by atoms with Crippen LogP contribution in [0.15, 0.2) is 47.6 Å². The van der Waals surface area contributed by atoms with Crippen molar-refractivity contribution in [2.24, 2.45) is 0 Å². The smallest absolute Gasteiger partial charge is 0.0682 e. The molecule has 0 bridgehead atoms. The molecule has 0 heterocycles. The third kappa shape index (κ3) is 10.9. The molecule has 0 saturated heterocycles. The van der Waals surface area contributed by atoms with Crippen LogP contribution < -0.4 is 5.32 Å². The lowest BCUT2D eigenvalue weighted by atomic mass is 10.2. The molecule has 0 fully saturated rings. The van der Waals surface area contributed by atoms with Crippen molar-refractivity contribution in [3.63, 3.8) is 0 Å². The molecule has 5 nitrogen and oxygen atoms in total. The first-order valence-electron chi connectivity index (χ1n) is 10.8. The molecule has 2 aliphatic rings. The average molecular weight is 391 g/mol. The van der Waals surface area contributed by atoms with Crippen molar-refractivity contribution >= 4 is 0 Å². The van der Waals surface area contributed by atoms with Crippen molar-refractivity contribution in [3.8, 4) is 0 Å². The Kier molecular flexibility index (Phi) is 12.9. The number of nitrogens with one attached hydrogen (secondary N) is 1. The Bertz CT molecular complexity index is 486. The summed E-state index contributed by atoms with van der Waals surface area (Å²) in [5.74, 6) is 0. The number of ether oxygens (including phenoxy) is 2. The second-order valence-corrected chi connectivity index (χ2v) is 7.40. The molecule has 0 atom stereocenters. The topological polar surface area (TPSA) is 54.0 Å². The van der Waals surface area contributed by atoms with E-state index in [1.807, 2.05) is 0 Å². The lowest BCUT2D eigenvalue weighted by Gasteiger charge is -2.22. The highest BCUT2D eigenvalue weighted by Gasteiger charge is 2.06. The van der Waals surface area contributed by atoms with Crippen molar-refractivity contribution in [1.29, 1.82) is 0 Å². The second kappa shape index (κ2) is 15.7. The number of hydrogen-bond donors (Lipinski definition) is 2. The van der Waals surface area contributed by atoms with E-state index in [9.17, 15) is 0 Å². The summed E-state index contributed by atoms with van der Waals surface area (Å²) in [5.41, 5.74) is 2.74. The van der Waals surface area contributed by atoms with Gasteiger partial charge in [0.05, 0.1) is 13.2 Å². The molecular weight excluding hydrogens is 352 g/mol. The fourth-order valence-electron chi connectivity index (χ4n) is 3.29.